The summed E-state index contributed by atoms with van der Waals surface area (Å²) >= 11 is 0. The van der Waals surface area contributed by atoms with E-state index in [1.54, 1.807) is 11.9 Å². The number of aromatic nitrogens is 4. The molecule has 4 amide bonds. The molecule has 3 fully saturated rings. The number of hydrogen-bond donors (Lipinski definition) is 13. The summed E-state index contributed by atoms with van der Waals surface area (Å²) in [6.07, 6.45) is 4.07. The number of aliphatic hydroxyl groups is 3. The summed E-state index contributed by atoms with van der Waals surface area (Å²) in [4.78, 5) is 103. The van der Waals surface area contributed by atoms with Crippen molar-refractivity contribution in [1.29, 1.82) is 0 Å². The second kappa shape index (κ2) is 28.8. The van der Waals surface area contributed by atoms with E-state index in [2.05, 4.69) is 56.5 Å². The predicted molar refractivity (Wildman–Crippen MR) is 349 cm³/mol. The van der Waals surface area contributed by atoms with Crippen LogP contribution in [0.25, 0.3) is 10.9 Å². The van der Waals surface area contributed by atoms with E-state index in [0.717, 1.165) is 42.7 Å². The Balaban J connectivity index is 0.871. The van der Waals surface area contributed by atoms with Gasteiger partial charge in [0.1, 0.15) is 36.0 Å². The number of hydrazine groups is 1. The Morgan fingerprint density at radius 1 is 0.927 bits per heavy atom. The Labute approximate surface area is 561 Å². The first kappa shape index (κ1) is 71.6. The lowest BCUT2D eigenvalue weighted by Gasteiger charge is -2.63. The van der Waals surface area contributed by atoms with Gasteiger partial charge in [-0.25, -0.2) is 23.9 Å². The number of nitrogens with one attached hydrogen (secondary N) is 7. The first-order valence-electron chi connectivity index (χ1n) is 31.8. The van der Waals surface area contributed by atoms with Crippen LogP contribution in [0.4, 0.5) is 10.5 Å². The number of fused-ring (bicyclic) bond motifs is 6. The van der Waals surface area contributed by atoms with Crippen LogP contribution in [-0.4, -0.2) is 232 Å². The number of benzene rings is 2. The Morgan fingerprint density at radius 3 is 2.38 bits per heavy atom. The average Bonchev–Trinajstić information content (AvgIpc) is 1.45. The highest BCUT2D eigenvalue weighted by Crippen LogP contribution is 2.68. The van der Waals surface area contributed by atoms with Crippen molar-refractivity contribution >= 4 is 90.3 Å². The number of amides is 4. The van der Waals surface area contributed by atoms with Gasteiger partial charge in [-0.3, -0.25) is 38.9 Å². The number of methoxy groups -OCH3 is 2. The van der Waals surface area contributed by atoms with Crippen LogP contribution < -0.4 is 41.8 Å². The number of likely N-dealkylation sites (N-methyl/N-ethyl adjacent to an activating group) is 2. The van der Waals surface area contributed by atoms with E-state index in [1.165, 1.54) is 27.5 Å². The van der Waals surface area contributed by atoms with Gasteiger partial charge in [-0.15, -0.1) is 5.10 Å². The quantitative estimate of drug-likeness (QED) is 0.0101. The molecule has 6 aliphatic rings. The number of anilines is 1. The highest BCUT2D eigenvalue weighted by Gasteiger charge is 2.79. The molecule has 2 aliphatic carbocycles. The number of nitrogens with zero attached hydrogens (tertiary/aromatic N) is 5. The number of carboxylic acids is 2. The molecule has 34 heteroatoms. The lowest BCUT2D eigenvalue weighted by Crippen LogP contribution is -2.82. The van der Waals surface area contributed by atoms with E-state index in [9.17, 15) is 57.9 Å². The number of esters is 1. The van der Waals surface area contributed by atoms with Crippen LogP contribution in [0.15, 0.2) is 54.7 Å². The van der Waals surface area contributed by atoms with Gasteiger partial charge in [0.2, 0.25) is 11.8 Å². The highest BCUT2D eigenvalue weighted by molar-refractivity contribution is 8.76. The van der Waals surface area contributed by atoms with Crippen LogP contribution in [0.5, 0.6) is 5.75 Å². The largest absolute Gasteiger partial charge is 0.496 e. The lowest BCUT2D eigenvalue weighted by molar-refractivity contribution is -0.204. The number of H-pyrrole nitrogens is 1. The molecule has 31 nitrogen and oxygen atoms in total. The van der Waals surface area contributed by atoms with E-state index in [1.807, 2.05) is 62.4 Å². The highest BCUT2D eigenvalue weighted by atomic mass is 33.1. The number of aliphatic hydroxyl groups excluding tert-OH is 1. The van der Waals surface area contributed by atoms with E-state index in [0.29, 0.717) is 86.5 Å². The molecule has 2 bridgehead atoms. The summed E-state index contributed by atoms with van der Waals surface area (Å²) in [6, 6.07) is 5.60. The monoisotopic (exact) mass is 1400 g/mol. The maximum Gasteiger partial charge on any atom is 0.426 e. The number of rotatable bonds is 26. The standard InChI is InChI=1S/C62H84N12O19S3/c1-7-58(85)29-34-24-35(30-58)61(56(83)91-6,48-38(14-17-64-31-34)37-12-9-10-13-41(37)65-48)40-26-39-45(28-46(40)90-5)72(4)53-60(39)16-19-73-18-11-15-59(8-2,52(60)73)54(81)62(53,86)55(82)69-70-57(84)92-22-23-94-95-33-44(51(79)80)67-50(78)43(66-49(77)42(63-3)27-47(75)76)25-36-32-74(71-68-36)20-21-93-96(87,88)89/h9-13,15,26,28,32,34-35,42-44,52-54,63-65,81,85-86H,7-8,14,16-25,27,29-31,33H2,1-6H3,(H,66,77)(H,67,78)(H,69,82)(H,70,84)(H,75,76)(H,79,80)(H,87,88,89)/t34-,35?,42-,43-,44-,52-,53+,54+,58-,59+,60+,61-,62-/m0/s1. The third-order valence-electron chi connectivity index (χ3n) is 20.5. The molecule has 2 saturated carbocycles. The Kier molecular flexibility index (Phi) is 21.5. The third-order valence-corrected chi connectivity index (χ3v) is 23.3. The maximum atomic E-state index is 15.8. The normalized spacial score (nSPS) is 28.4. The van der Waals surface area contributed by atoms with Crippen LogP contribution in [0.1, 0.15) is 86.9 Å². The van der Waals surface area contributed by atoms with Crippen LogP contribution in [0, 0.1) is 17.3 Å². The number of carbonyl (C=O) groups is 7. The van der Waals surface area contributed by atoms with Crippen LogP contribution in [0.2, 0.25) is 0 Å². The summed E-state index contributed by atoms with van der Waals surface area (Å²) in [5, 5.41) is 78.3. The molecule has 2 aromatic carbocycles. The van der Waals surface area contributed by atoms with Crippen LogP contribution in [0.3, 0.4) is 0 Å². The summed E-state index contributed by atoms with van der Waals surface area (Å²) in [5.41, 5.74) is 0.898. The SMILES string of the molecule is CC[C@@]1(O)CC2C[C@H](CNCCc3c([nH]c4ccccc34)[C@@]2(C(=O)OC)c2cc3c(cc2OC)N(C)[C@H]2[C@@](O)(C(=O)NNC(=O)OCCSSC[C@H](NC(=O)[C@H](Cc4cn(CCOS(=O)(=O)O)nn4)NC(=O)[C@H](CC(=O)O)NC)C(=O)O)[C@H](O)[C@]4(CC)C=CCN5CC[C@]32[C@@H]54)C1. The van der Waals surface area contributed by atoms with Crippen molar-refractivity contribution in [3.05, 3.63) is 82.8 Å². The van der Waals surface area contributed by atoms with Gasteiger partial charge in [-0.05, 0) is 107 Å². The molecule has 13 atom stereocenters. The topological polar surface area (TPSA) is 437 Å². The molecule has 1 saturated heterocycles. The van der Waals surface area contributed by atoms with Crippen LogP contribution >= 0.6 is 21.6 Å². The molecule has 96 heavy (non-hydrogen) atoms. The molecule has 524 valence electrons. The lowest BCUT2D eigenvalue weighted by atomic mass is 9.47. The Morgan fingerprint density at radius 2 is 1.68 bits per heavy atom. The van der Waals surface area contributed by atoms with Gasteiger partial charge in [0, 0.05) is 88.5 Å². The summed E-state index contributed by atoms with van der Waals surface area (Å²) in [5.74, 6) is -6.88. The van der Waals surface area contributed by atoms with E-state index in [4.69, 9.17) is 18.8 Å². The van der Waals surface area contributed by atoms with Gasteiger partial charge in [-0.1, -0.05) is 71.0 Å². The molecule has 13 N–H and O–H groups in total. The second-order valence-electron chi connectivity index (χ2n) is 25.6. The average molecular weight is 1400 g/mol. The predicted octanol–water partition coefficient (Wildman–Crippen LogP) is 0.450. The smallest absolute Gasteiger partial charge is 0.426 e. The molecule has 4 aliphatic heterocycles. The van der Waals surface area contributed by atoms with Gasteiger partial charge in [-0.2, -0.15) is 8.42 Å². The van der Waals surface area contributed by atoms with Crippen molar-refractivity contribution < 1.29 is 90.5 Å². The van der Waals surface area contributed by atoms with Gasteiger partial charge in [0.05, 0.1) is 57.2 Å². The Hall–Kier alpha value is -7.12. The minimum absolute atomic E-state index is 0.0254. The fraction of sp³-hybridized carbons (Fsp3) is 0.597. The van der Waals surface area contributed by atoms with Crippen molar-refractivity contribution in [2.75, 3.05) is 84.1 Å². The molecule has 1 spiro atoms. The zero-order chi connectivity index (χ0) is 69.3. The fourth-order valence-electron chi connectivity index (χ4n) is 16.4. The summed E-state index contributed by atoms with van der Waals surface area (Å²) in [6.45, 7) is 5.01. The zero-order valence-electron chi connectivity index (χ0n) is 54.0. The third kappa shape index (κ3) is 13.3. The van der Waals surface area contributed by atoms with Gasteiger partial charge in [0.25, 0.3) is 5.91 Å². The number of para-hydroxylation sites is 1. The molecular formula is C62H84N12O19S3. The van der Waals surface area contributed by atoms with Crippen molar-refractivity contribution in [2.45, 2.75) is 137 Å². The number of ether oxygens (including phenoxy) is 3. The molecule has 10 rings (SSSR count). The molecule has 6 heterocycles. The number of hydrogen-bond acceptors (Lipinski definition) is 24. The second-order valence-corrected chi connectivity index (χ2v) is 29.3. The fourth-order valence-corrected chi connectivity index (χ4v) is 18.7. The van der Waals surface area contributed by atoms with E-state index in [-0.39, 0.29) is 49.1 Å². The van der Waals surface area contributed by atoms with Gasteiger partial charge in [0.15, 0.2) is 5.60 Å². The minimum Gasteiger partial charge on any atom is -0.496 e. The van der Waals surface area contributed by atoms with Crippen molar-refractivity contribution in [2.24, 2.45) is 17.3 Å². The first-order chi connectivity index (χ1) is 45.7. The summed E-state index contributed by atoms with van der Waals surface area (Å²) in [7, 11) is 3.24. The van der Waals surface area contributed by atoms with Crippen molar-refractivity contribution in [1.82, 2.24) is 57.0 Å². The first-order valence-corrected chi connectivity index (χ1v) is 35.7. The molecule has 2 aromatic heterocycles. The van der Waals surface area contributed by atoms with E-state index >= 15 is 9.59 Å². The number of carbonyl (C=O) groups excluding carboxylic acids is 5. The van der Waals surface area contributed by atoms with Crippen LogP contribution in [-0.2, 0) is 83.0 Å². The minimum atomic E-state index is -4.76. The summed E-state index contributed by atoms with van der Waals surface area (Å²) < 4.78 is 54.1. The number of carboxylic acid groups (broad SMARTS) is 2. The molecule has 0 radical (unpaired) electrons. The van der Waals surface area contributed by atoms with Crippen molar-refractivity contribution in [3.63, 3.8) is 0 Å². The molecular weight excluding hydrogens is 1310 g/mol. The van der Waals surface area contributed by atoms with Crippen molar-refractivity contribution in [3.8, 4) is 5.75 Å². The Bertz CT molecular complexity index is 3770. The maximum absolute atomic E-state index is 15.8. The number of aromatic amines is 1. The zero-order valence-corrected chi connectivity index (χ0v) is 56.4. The molecule has 1 unspecified atom stereocenters. The van der Waals surface area contributed by atoms with E-state index < -0.39 is 141 Å². The molecule has 4 aromatic rings. The van der Waals surface area contributed by atoms with Gasteiger partial charge < -0.3 is 70.9 Å². The number of aliphatic carboxylic acids is 2. The van der Waals surface area contributed by atoms with Gasteiger partial charge >= 0.3 is 34.4 Å².